The molecule has 0 aromatic rings. The minimum absolute atomic E-state index is 0.0261. The lowest BCUT2D eigenvalue weighted by atomic mass is 10.1. The fourth-order valence-electron chi connectivity index (χ4n) is 1.48. The molecule has 6 nitrogen and oxygen atoms in total. The van der Waals surface area contributed by atoms with Gasteiger partial charge in [0.2, 0.25) is 0 Å². The fourth-order valence-corrected chi connectivity index (χ4v) is 2.25. The Hall–Kier alpha value is 0.0300. The van der Waals surface area contributed by atoms with E-state index in [1.807, 2.05) is 0 Å². The van der Waals surface area contributed by atoms with E-state index < -0.39 is 26.1 Å². The van der Waals surface area contributed by atoms with Crippen LogP contribution in [0.2, 0.25) is 0 Å². The molecular formula is C8H17O6P. The van der Waals surface area contributed by atoms with Crippen LogP contribution in [0.3, 0.4) is 0 Å². The molecule has 1 rings (SSSR count). The highest BCUT2D eigenvalue weighted by atomic mass is 31.2. The topological polar surface area (TPSA) is 85.2 Å². The molecule has 1 unspecified atom stereocenters. The SMILES string of the molecule is CO[C@H]1C[C@H](O)[C@@H](CCP(=O)(O)OC)O1. The number of aliphatic hydroxyl groups is 1. The molecule has 0 aliphatic carbocycles. The third-order valence-corrected chi connectivity index (χ3v) is 3.83. The van der Waals surface area contributed by atoms with E-state index in [-0.39, 0.29) is 12.6 Å². The van der Waals surface area contributed by atoms with E-state index >= 15 is 0 Å². The van der Waals surface area contributed by atoms with E-state index in [0.717, 1.165) is 0 Å². The Morgan fingerprint density at radius 2 is 2.20 bits per heavy atom. The van der Waals surface area contributed by atoms with Crippen LogP contribution in [0.4, 0.5) is 0 Å². The molecule has 1 fully saturated rings. The Morgan fingerprint density at radius 3 is 2.67 bits per heavy atom. The largest absolute Gasteiger partial charge is 0.390 e. The Kier molecular flexibility index (Phi) is 4.70. The highest BCUT2D eigenvalue weighted by Crippen LogP contribution is 2.42. The smallest absolute Gasteiger partial charge is 0.327 e. The van der Waals surface area contributed by atoms with E-state index in [1.165, 1.54) is 14.2 Å². The van der Waals surface area contributed by atoms with Gasteiger partial charge in [-0.2, -0.15) is 0 Å². The lowest BCUT2D eigenvalue weighted by Gasteiger charge is -2.15. The molecule has 90 valence electrons. The fraction of sp³-hybridized carbons (Fsp3) is 1.00. The second-order valence-corrected chi connectivity index (χ2v) is 5.56. The number of rotatable bonds is 5. The second kappa shape index (κ2) is 5.39. The Labute approximate surface area is 88.7 Å². The van der Waals surface area contributed by atoms with Gasteiger partial charge in [0.05, 0.1) is 18.4 Å². The first kappa shape index (κ1) is 13.1. The standard InChI is InChI=1S/C8H17O6P/c1-12-8-5-6(9)7(14-8)3-4-15(10,11)13-2/h6-9H,3-5H2,1-2H3,(H,10,11)/t6-,7+,8+/m0/s1. The van der Waals surface area contributed by atoms with E-state index in [4.69, 9.17) is 14.4 Å². The van der Waals surface area contributed by atoms with Crippen molar-refractivity contribution in [3.05, 3.63) is 0 Å². The zero-order valence-corrected chi connectivity index (χ0v) is 9.72. The maximum absolute atomic E-state index is 11.2. The minimum Gasteiger partial charge on any atom is -0.390 e. The van der Waals surface area contributed by atoms with Crippen molar-refractivity contribution < 1.29 is 28.6 Å². The lowest BCUT2D eigenvalue weighted by Crippen LogP contribution is -2.22. The average molecular weight is 240 g/mol. The molecule has 1 saturated heterocycles. The van der Waals surface area contributed by atoms with Crippen molar-refractivity contribution in [2.75, 3.05) is 20.4 Å². The molecule has 4 atom stereocenters. The van der Waals surface area contributed by atoms with Crippen molar-refractivity contribution in [1.29, 1.82) is 0 Å². The van der Waals surface area contributed by atoms with E-state index in [1.54, 1.807) is 0 Å². The molecule has 1 heterocycles. The average Bonchev–Trinajstić information content (AvgIpc) is 2.57. The molecule has 0 radical (unpaired) electrons. The molecule has 0 spiro atoms. The molecule has 2 N–H and O–H groups in total. The number of ether oxygens (including phenoxy) is 2. The summed E-state index contributed by atoms with van der Waals surface area (Å²) in [5.74, 6) is 0. The van der Waals surface area contributed by atoms with Crippen LogP contribution in [0.25, 0.3) is 0 Å². The van der Waals surface area contributed by atoms with Crippen LogP contribution in [0.5, 0.6) is 0 Å². The summed E-state index contributed by atoms with van der Waals surface area (Å²) in [5.41, 5.74) is 0. The Bertz CT molecular complexity index is 245. The molecule has 15 heavy (non-hydrogen) atoms. The molecule has 0 amide bonds. The van der Waals surface area contributed by atoms with Gasteiger partial charge in [-0.15, -0.1) is 0 Å². The minimum atomic E-state index is -3.51. The summed E-state index contributed by atoms with van der Waals surface area (Å²) in [4.78, 5) is 9.16. The maximum Gasteiger partial charge on any atom is 0.327 e. The molecule has 0 aromatic heterocycles. The van der Waals surface area contributed by atoms with Crippen LogP contribution in [-0.2, 0) is 18.6 Å². The quantitative estimate of drug-likeness (QED) is 0.673. The zero-order chi connectivity index (χ0) is 11.5. The van der Waals surface area contributed by atoms with Crippen molar-refractivity contribution in [3.8, 4) is 0 Å². The van der Waals surface area contributed by atoms with Crippen molar-refractivity contribution >= 4 is 7.60 Å². The van der Waals surface area contributed by atoms with Gasteiger partial charge < -0.3 is 24.0 Å². The highest BCUT2D eigenvalue weighted by molar-refractivity contribution is 7.52. The highest BCUT2D eigenvalue weighted by Gasteiger charge is 2.35. The van der Waals surface area contributed by atoms with Gasteiger partial charge in [0, 0.05) is 20.6 Å². The summed E-state index contributed by atoms with van der Waals surface area (Å²) in [6.45, 7) is 0. The first-order valence-electron chi connectivity index (χ1n) is 4.72. The maximum atomic E-state index is 11.2. The van der Waals surface area contributed by atoms with Crippen molar-refractivity contribution in [2.24, 2.45) is 0 Å². The van der Waals surface area contributed by atoms with Crippen molar-refractivity contribution in [3.63, 3.8) is 0 Å². The van der Waals surface area contributed by atoms with Gasteiger partial charge in [-0.1, -0.05) is 0 Å². The number of aliphatic hydroxyl groups excluding tert-OH is 1. The van der Waals surface area contributed by atoms with Gasteiger partial charge in [-0.05, 0) is 6.42 Å². The second-order valence-electron chi connectivity index (χ2n) is 3.48. The molecule has 0 saturated carbocycles. The number of methoxy groups -OCH3 is 1. The number of hydrogen-bond donors (Lipinski definition) is 2. The van der Waals surface area contributed by atoms with Crippen LogP contribution < -0.4 is 0 Å². The monoisotopic (exact) mass is 240 g/mol. The molecule has 0 aromatic carbocycles. The van der Waals surface area contributed by atoms with Crippen molar-refractivity contribution in [1.82, 2.24) is 0 Å². The van der Waals surface area contributed by atoms with E-state index in [2.05, 4.69) is 4.52 Å². The van der Waals surface area contributed by atoms with Crippen LogP contribution >= 0.6 is 7.60 Å². The molecule has 0 bridgehead atoms. The molecular weight excluding hydrogens is 223 g/mol. The van der Waals surface area contributed by atoms with E-state index in [9.17, 15) is 9.67 Å². The zero-order valence-electron chi connectivity index (χ0n) is 8.83. The Morgan fingerprint density at radius 1 is 1.53 bits per heavy atom. The van der Waals surface area contributed by atoms with Gasteiger partial charge >= 0.3 is 7.60 Å². The van der Waals surface area contributed by atoms with Crippen molar-refractivity contribution in [2.45, 2.75) is 31.3 Å². The van der Waals surface area contributed by atoms with Crippen LogP contribution in [0.1, 0.15) is 12.8 Å². The van der Waals surface area contributed by atoms with Gasteiger partial charge in [-0.3, -0.25) is 4.57 Å². The lowest BCUT2D eigenvalue weighted by molar-refractivity contribution is -0.117. The third kappa shape index (κ3) is 3.83. The number of hydrogen-bond acceptors (Lipinski definition) is 5. The van der Waals surface area contributed by atoms with Crippen LogP contribution in [-0.4, -0.2) is 48.9 Å². The predicted octanol–water partition coefficient (Wildman–Crippen LogP) is 0.331. The van der Waals surface area contributed by atoms with Crippen LogP contribution in [0.15, 0.2) is 0 Å². The first-order valence-corrected chi connectivity index (χ1v) is 6.48. The van der Waals surface area contributed by atoms with Gasteiger partial charge in [0.15, 0.2) is 6.29 Å². The summed E-state index contributed by atoms with van der Waals surface area (Å²) in [6.07, 6.45) is -0.878. The summed E-state index contributed by atoms with van der Waals surface area (Å²) in [7, 11) is -0.835. The third-order valence-electron chi connectivity index (χ3n) is 2.43. The summed E-state index contributed by atoms with van der Waals surface area (Å²) in [6, 6.07) is 0. The summed E-state index contributed by atoms with van der Waals surface area (Å²) < 4.78 is 25.8. The predicted molar refractivity (Wildman–Crippen MR) is 52.6 cm³/mol. The van der Waals surface area contributed by atoms with Crippen LogP contribution in [0, 0.1) is 0 Å². The van der Waals surface area contributed by atoms with Gasteiger partial charge in [0.1, 0.15) is 0 Å². The normalized spacial score (nSPS) is 35.3. The van der Waals surface area contributed by atoms with Gasteiger partial charge in [0.25, 0.3) is 0 Å². The molecule has 1 aliphatic rings. The summed E-state index contributed by atoms with van der Waals surface area (Å²) in [5, 5.41) is 9.54. The summed E-state index contributed by atoms with van der Waals surface area (Å²) >= 11 is 0. The Balaban J connectivity index is 2.37. The molecule has 7 heteroatoms. The molecule has 1 aliphatic heterocycles. The first-order chi connectivity index (χ1) is 6.98. The van der Waals surface area contributed by atoms with Gasteiger partial charge in [-0.25, -0.2) is 0 Å². The van der Waals surface area contributed by atoms with E-state index in [0.29, 0.717) is 6.42 Å².